The lowest BCUT2D eigenvalue weighted by Gasteiger charge is -2.34. The van der Waals surface area contributed by atoms with Crippen molar-refractivity contribution in [3.05, 3.63) is 59.7 Å². The summed E-state index contributed by atoms with van der Waals surface area (Å²) < 4.78 is 37.2. The summed E-state index contributed by atoms with van der Waals surface area (Å²) in [5.41, 5.74) is 1.19. The molecule has 1 aliphatic heterocycles. The number of hydrogen-bond donors (Lipinski definition) is 0. The number of methoxy groups -OCH3 is 2. The van der Waals surface area contributed by atoms with E-state index >= 15 is 0 Å². The first-order valence-electron chi connectivity index (χ1n) is 8.97. The van der Waals surface area contributed by atoms with Gasteiger partial charge in [0.1, 0.15) is 11.5 Å². The van der Waals surface area contributed by atoms with Gasteiger partial charge in [-0.2, -0.15) is 4.31 Å². The molecule has 7 nitrogen and oxygen atoms in total. The van der Waals surface area contributed by atoms with Crippen LogP contribution in [0, 0.1) is 0 Å². The maximum atomic E-state index is 12.9. The van der Waals surface area contributed by atoms with Gasteiger partial charge in [0.2, 0.25) is 10.0 Å². The second-order valence-corrected chi connectivity index (χ2v) is 8.47. The number of carbonyl (C=O) groups is 1. The molecule has 2 aromatic carbocycles. The largest absolute Gasteiger partial charge is 0.497 e. The first kappa shape index (κ1) is 20.2. The van der Waals surface area contributed by atoms with Crippen LogP contribution < -0.4 is 9.47 Å². The molecule has 1 heterocycles. The highest BCUT2D eigenvalue weighted by Crippen LogP contribution is 2.26. The molecule has 0 bridgehead atoms. The third-order valence-electron chi connectivity index (χ3n) is 4.75. The second kappa shape index (κ2) is 8.62. The molecule has 0 radical (unpaired) electrons. The predicted octanol–water partition coefficient (Wildman–Crippen LogP) is 1.99. The summed E-state index contributed by atoms with van der Waals surface area (Å²) in [4.78, 5) is 14.5. The number of amides is 1. The molecule has 0 N–H and O–H groups in total. The molecule has 1 fully saturated rings. The van der Waals surface area contributed by atoms with Crippen molar-refractivity contribution in [2.45, 2.75) is 5.75 Å². The van der Waals surface area contributed by atoms with Crippen LogP contribution in [-0.4, -0.2) is 63.9 Å². The number of sulfonamides is 1. The fourth-order valence-electron chi connectivity index (χ4n) is 3.19. The SMILES string of the molecule is COc1ccc(C(=O)N2CCN(S(=O)(=O)Cc3ccccc3)CC2)c(OC)c1. The van der Waals surface area contributed by atoms with Crippen LogP contribution in [0.1, 0.15) is 15.9 Å². The lowest BCUT2D eigenvalue weighted by molar-refractivity contribution is 0.0694. The number of rotatable bonds is 6. The van der Waals surface area contributed by atoms with Crippen molar-refractivity contribution in [3.8, 4) is 11.5 Å². The second-order valence-electron chi connectivity index (χ2n) is 6.50. The van der Waals surface area contributed by atoms with Crippen molar-refractivity contribution in [1.29, 1.82) is 0 Å². The predicted molar refractivity (Wildman–Crippen MR) is 106 cm³/mol. The number of piperazine rings is 1. The van der Waals surface area contributed by atoms with Crippen molar-refractivity contribution in [1.82, 2.24) is 9.21 Å². The van der Waals surface area contributed by atoms with E-state index in [2.05, 4.69) is 0 Å². The Morgan fingerprint density at radius 1 is 0.964 bits per heavy atom. The van der Waals surface area contributed by atoms with Crippen LogP contribution in [0.25, 0.3) is 0 Å². The van der Waals surface area contributed by atoms with Gasteiger partial charge in [-0.05, 0) is 17.7 Å². The zero-order valence-electron chi connectivity index (χ0n) is 16.0. The van der Waals surface area contributed by atoms with E-state index in [9.17, 15) is 13.2 Å². The number of nitrogens with zero attached hydrogens (tertiary/aromatic N) is 2. The summed E-state index contributed by atoms with van der Waals surface area (Å²) in [7, 11) is -0.371. The standard InChI is InChI=1S/C20H24N2O5S/c1-26-17-8-9-18(19(14-17)27-2)20(23)21-10-12-22(13-11-21)28(24,25)15-16-6-4-3-5-7-16/h3-9,14H,10-13,15H2,1-2H3. The van der Waals surface area contributed by atoms with Crippen LogP contribution in [-0.2, 0) is 15.8 Å². The average molecular weight is 404 g/mol. The van der Waals surface area contributed by atoms with E-state index in [1.54, 1.807) is 42.3 Å². The van der Waals surface area contributed by atoms with Crippen LogP contribution in [0.3, 0.4) is 0 Å². The van der Waals surface area contributed by atoms with Gasteiger partial charge >= 0.3 is 0 Å². The van der Waals surface area contributed by atoms with Gasteiger partial charge in [0.15, 0.2) is 0 Å². The third kappa shape index (κ3) is 4.45. The zero-order chi connectivity index (χ0) is 20.1. The quantitative estimate of drug-likeness (QED) is 0.736. The maximum Gasteiger partial charge on any atom is 0.257 e. The van der Waals surface area contributed by atoms with Gasteiger partial charge in [0.05, 0.1) is 25.5 Å². The maximum absolute atomic E-state index is 12.9. The van der Waals surface area contributed by atoms with Gasteiger partial charge in [-0.25, -0.2) is 8.42 Å². The molecule has 2 aromatic rings. The van der Waals surface area contributed by atoms with Crippen LogP contribution in [0.4, 0.5) is 0 Å². The molecular formula is C20H24N2O5S. The van der Waals surface area contributed by atoms with Crippen molar-refractivity contribution < 1.29 is 22.7 Å². The van der Waals surface area contributed by atoms with Crippen LogP contribution in [0.2, 0.25) is 0 Å². The smallest absolute Gasteiger partial charge is 0.257 e. The monoisotopic (exact) mass is 404 g/mol. The van der Waals surface area contributed by atoms with E-state index < -0.39 is 10.0 Å². The minimum absolute atomic E-state index is 0.0336. The molecule has 0 aromatic heterocycles. The molecule has 0 unspecified atom stereocenters. The highest BCUT2D eigenvalue weighted by Gasteiger charge is 2.30. The van der Waals surface area contributed by atoms with E-state index in [0.29, 0.717) is 30.2 Å². The summed E-state index contributed by atoms with van der Waals surface area (Å²) in [5, 5.41) is 0. The molecule has 0 saturated carbocycles. The molecule has 28 heavy (non-hydrogen) atoms. The molecule has 1 aliphatic rings. The number of ether oxygens (including phenoxy) is 2. The lowest BCUT2D eigenvalue weighted by atomic mass is 10.1. The number of hydrogen-bond acceptors (Lipinski definition) is 5. The van der Waals surface area contributed by atoms with Crippen molar-refractivity contribution >= 4 is 15.9 Å². The summed E-state index contributed by atoms with van der Waals surface area (Å²) in [5.74, 6) is 0.821. The topological polar surface area (TPSA) is 76.2 Å². The van der Waals surface area contributed by atoms with Gasteiger partial charge in [0, 0.05) is 32.2 Å². The first-order chi connectivity index (χ1) is 13.4. The first-order valence-corrected chi connectivity index (χ1v) is 10.6. The Hall–Kier alpha value is -2.58. The van der Waals surface area contributed by atoms with Gasteiger partial charge in [0.25, 0.3) is 5.91 Å². The molecule has 8 heteroatoms. The Kier molecular flexibility index (Phi) is 6.21. The van der Waals surface area contributed by atoms with E-state index in [4.69, 9.17) is 9.47 Å². The minimum atomic E-state index is -3.42. The highest BCUT2D eigenvalue weighted by molar-refractivity contribution is 7.88. The molecule has 0 atom stereocenters. The van der Waals surface area contributed by atoms with Crippen LogP contribution in [0.15, 0.2) is 48.5 Å². The summed E-state index contributed by atoms with van der Waals surface area (Å²) in [6.45, 7) is 1.23. The highest BCUT2D eigenvalue weighted by atomic mass is 32.2. The normalized spacial score (nSPS) is 15.3. The lowest BCUT2D eigenvalue weighted by Crippen LogP contribution is -2.50. The molecule has 3 rings (SSSR count). The van der Waals surface area contributed by atoms with Crippen molar-refractivity contribution in [2.75, 3.05) is 40.4 Å². The number of carbonyl (C=O) groups excluding carboxylic acids is 1. The van der Waals surface area contributed by atoms with Crippen LogP contribution >= 0.6 is 0 Å². The Balaban J connectivity index is 1.66. The summed E-state index contributed by atoms with van der Waals surface area (Å²) in [6, 6.07) is 14.1. The Morgan fingerprint density at radius 3 is 2.25 bits per heavy atom. The summed E-state index contributed by atoms with van der Waals surface area (Å²) >= 11 is 0. The molecule has 0 spiro atoms. The van der Waals surface area contributed by atoms with Crippen molar-refractivity contribution in [3.63, 3.8) is 0 Å². The molecule has 1 amide bonds. The number of benzene rings is 2. The zero-order valence-corrected chi connectivity index (χ0v) is 16.8. The van der Waals surface area contributed by atoms with Gasteiger partial charge < -0.3 is 14.4 Å². The summed E-state index contributed by atoms with van der Waals surface area (Å²) in [6.07, 6.45) is 0. The Morgan fingerprint density at radius 2 is 1.64 bits per heavy atom. The fourth-order valence-corrected chi connectivity index (χ4v) is 4.71. The van der Waals surface area contributed by atoms with Gasteiger partial charge in [-0.1, -0.05) is 30.3 Å². The van der Waals surface area contributed by atoms with Gasteiger partial charge in [-0.15, -0.1) is 0 Å². The van der Waals surface area contributed by atoms with Crippen molar-refractivity contribution in [2.24, 2.45) is 0 Å². The molecular weight excluding hydrogens is 380 g/mol. The van der Waals surface area contributed by atoms with Crippen LogP contribution in [0.5, 0.6) is 11.5 Å². The molecule has 0 aliphatic carbocycles. The third-order valence-corrected chi connectivity index (χ3v) is 6.60. The van der Waals surface area contributed by atoms with E-state index in [1.165, 1.54) is 11.4 Å². The minimum Gasteiger partial charge on any atom is -0.497 e. The average Bonchev–Trinajstić information content (AvgIpc) is 2.73. The Bertz CT molecular complexity index is 923. The fraction of sp³-hybridized carbons (Fsp3) is 0.350. The van der Waals surface area contributed by atoms with E-state index in [0.717, 1.165) is 5.56 Å². The molecule has 150 valence electrons. The van der Waals surface area contributed by atoms with Gasteiger partial charge in [-0.3, -0.25) is 4.79 Å². The molecule has 1 saturated heterocycles. The Labute approximate surface area is 165 Å². The van der Waals surface area contributed by atoms with E-state index in [1.807, 2.05) is 18.2 Å². The van der Waals surface area contributed by atoms with E-state index in [-0.39, 0.29) is 24.7 Å².